The van der Waals surface area contributed by atoms with E-state index in [2.05, 4.69) is 0 Å². The van der Waals surface area contributed by atoms with Crippen LogP contribution in [0.5, 0.6) is 0 Å². The molecule has 0 aliphatic carbocycles. The Morgan fingerprint density at radius 3 is 1.17 bits per heavy atom. The van der Waals surface area contributed by atoms with Crippen LogP contribution in [0.15, 0.2) is 0 Å². The van der Waals surface area contributed by atoms with Gasteiger partial charge in [0.15, 0.2) is 0 Å². The first-order chi connectivity index (χ1) is 1.41. The summed E-state index contributed by atoms with van der Waals surface area (Å²) in [4.78, 5) is 0. The third kappa shape index (κ3) is 32.6. The van der Waals surface area contributed by atoms with Gasteiger partial charge in [0.1, 0.15) is 0 Å². The Balaban J connectivity index is -0.00000000667. The molecule has 0 rings (SSSR count). The van der Waals surface area contributed by atoms with Gasteiger partial charge < -0.3 is 0 Å². The Morgan fingerprint density at radius 1 is 1.17 bits per heavy atom. The van der Waals surface area contributed by atoms with Crippen molar-refractivity contribution in [1.29, 1.82) is 0 Å². The van der Waals surface area contributed by atoms with Gasteiger partial charge in [-0.1, -0.05) is 0 Å². The first kappa shape index (κ1) is 23.8. The van der Waals surface area contributed by atoms with Crippen molar-refractivity contribution in [2.45, 2.75) is 0 Å². The van der Waals surface area contributed by atoms with Crippen LogP contribution in [0.25, 0.3) is 0 Å². The van der Waals surface area contributed by atoms with Crippen molar-refractivity contribution in [3.8, 4) is 0 Å². The molecule has 0 aliphatic heterocycles. The van der Waals surface area contributed by atoms with Crippen molar-refractivity contribution < 1.29 is 14.2 Å². The third-order valence-corrected chi connectivity index (χ3v) is 0. The van der Waals surface area contributed by atoms with Crippen molar-refractivity contribution in [1.82, 2.24) is 0 Å². The number of rotatable bonds is 0. The molecule has 2 radical (unpaired) electrons. The summed E-state index contributed by atoms with van der Waals surface area (Å²) in [5.41, 5.74) is 0. The van der Waals surface area contributed by atoms with Crippen LogP contribution in [0.1, 0.15) is 0 Å². The average Bonchev–Trinajstić information content (AvgIpc) is 0.918. The van der Waals surface area contributed by atoms with Gasteiger partial charge in [-0.2, -0.15) is 0 Å². The average molecular weight is 416 g/mol. The molecule has 0 N–H and O–H groups in total. The molecular weight excluding hydrogens is 409 g/mol. The summed E-state index contributed by atoms with van der Waals surface area (Å²) in [6.07, 6.45) is 0. The predicted octanol–water partition coefficient (Wildman–Crippen LogP) is -2.24. The number of hydrogen-bond donors (Lipinski definition) is 0. The second-order valence-corrected chi connectivity index (χ2v) is 0.0583. The maximum absolute atomic E-state index is 9.12. The molecule has 0 fully saturated rings. The molecule has 0 saturated heterocycles. The molecule has 1 nitrogen and oxygen atoms in total. The minimum absolute atomic E-state index is 0. The zero-order valence-corrected chi connectivity index (χ0v) is 7.37. The van der Waals surface area contributed by atoms with E-state index in [1.165, 1.54) is 5.15 Å². The maximum atomic E-state index is 9.12. The van der Waals surface area contributed by atoms with E-state index in [-0.39, 0.29) is 84.6 Å². The summed E-state index contributed by atoms with van der Waals surface area (Å²) in [5.74, 6) is 0. The van der Waals surface area contributed by atoms with Gasteiger partial charge in [0.25, 0.3) is 0 Å². The second kappa shape index (κ2) is 26.3. The Bertz CT molecular complexity index is 13.5. The van der Waals surface area contributed by atoms with Crippen LogP contribution in [0, 0.1) is 0 Å². The third-order valence-electron chi connectivity index (χ3n) is 0. The molecule has 0 spiro atoms. The van der Waals surface area contributed by atoms with Crippen molar-refractivity contribution in [3.63, 3.8) is 0 Å². The minimum atomic E-state index is 0. The Hall–Kier alpha value is 2.38. The van der Waals surface area contributed by atoms with Gasteiger partial charge in [0, 0.05) is 5.15 Å². The van der Waals surface area contributed by atoms with Gasteiger partial charge in [-0.3, -0.25) is 0 Å². The Labute approximate surface area is 96.8 Å². The summed E-state index contributed by atoms with van der Waals surface area (Å²) in [6.45, 7) is 0. The molecule has 0 aromatic heterocycles. The van der Waals surface area contributed by atoms with E-state index in [1.54, 1.807) is 0 Å². The molecule has 0 amide bonds. The van der Waals surface area contributed by atoms with Gasteiger partial charge >= 0.3 is 76.2 Å². The molecule has 0 aliphatic rings. The van der Waals surface area contributed by atoms with E-state index < -0.39 is 0 Å². The van der Waals surface area contributed by atoms with Crippen molar-refractivity contribution in [3.05, 3.63) is 0 Å². The quantitative estimate of drug-likeness (QED) is 0.406. The van der Waals surface area contributed by atoms with E-state index in [0.717, 1.165) is 0 Å². The van der Waals surface area contributed by atoms with Gasteiger partial charge in [-0.15, -0.1) is 0 Å². The van der Waals surface area contributed by atoms with Crippen molar-refractivity contribution in [2.24, 2.45) is 0 Å². The first-order valence-corrected chi connectivity index (χ1v) is 0.309. The molecule has 0 aromatic rings. The topological polar surface area (TPSA) is 9.23 Å². The summed E-state index contributed by atoms with van der Waals surface area (Å²) in [7, 11) is 0. The van der Waals surface area contributed by atoms with Crippen LogP contribution < -0.4 is 0 Å². The Morgan fingerprint density at radius 2 is 1.17 bits per heavy atom. The van der Waals surface area contributed by atoms with Gasteiger partial charge in [-0.05, 0) is 9.05 Å². The van der Waals surface area contributed by atoms with Gasteiger partial charge in [0.05, 0.1) is 8.41 Å². The van der Waals surface area contributed by atoms with E-state index in [4.69, 9.17) is 9.05 Å². The fourth-order valence-corrected chi connectivity index (χ4v) is 0. The summed E-state index contributed by atoms with van der Waals surface area (Å²) >= 11 is 0. The standard InChI is InChI=1S/BH3.Ba.F2O.Pb.4H/c;;1-3-2;;;;;/h1H3;;;;;;;. The molecule has 36 valence electrons. The second-order valence-electron chi connectivity index (χ2n) is 0.0583. The van der Waals surface area contributed by atoms with Crippen LogP contribution in [-0.4, -0.2) is 84.6 Å². The molecule has 0 bridgehead atoms. The molecular formula is H7BBaF2OPb. The SMILES string of the molecule is B.FOF.[BaH2].[PbH2]. The zero-order valence-electron chi connectivity index (χ0n) is 1.87. The molecule has 0 aromatic carbocycles. The van der Waals surface area contributed by atoms with Crippen LogP contribution >= 0.6 is 0 Å². The van der Waals surface area contributed by atoms with Crippen LogP contribution in [0.4, 0.5) is 9.05 Å². The van der Waals surface area contributed by atoms with Gasteiger partial charge in [0.2, 0.25) is 0 Å². The van der Waals surface area contributed by atoms with E-state index in [9.17, 15) is 0 Å². The zero-order chi connectivity index (χ0) is 2.71. The molecule has 0 saturated carbocycles. The van der Waals surface area contributed by atoms with Crippen LogP contribution in [-0.2, 0) is 5.15 Å². The molecule has 6 heavy (non-hydrogen) atoms. The number of halogens is 2. The summed E-state index contributed by atoms with van der Waals surface area (Å²) in [5, 5.41) is 1.25. The number of hydrogen-bond acceptors (Lipinski definition) is 1. The Kier molecular flexibility index (Phi) is 104. The van der Waals surface area contributed by atoms with E-state index >= 15 is 0 Å². The molecule has 0 unspecified atom stereocenters. The van der Waals surface area contributed by atoms with Crippen molar-refractivity contribution >= 4 is 84.6 Å². The van der Waals surface area contributed by atoms with E-state index in [0.29, 0.717) is 0 Å². The molecule has 6 heteroatoms. The summed E-state index contributed by atoms with van der Waals surface area (Å²) < 4.78 is 18.2. The van der Waals surface area contributed by atoms with Gasteiger partial charge in [-0.25, -0.2) is 0 Å². The first-order valence-electron chi connectivity index (χ1n) is 0.309. The fraction of sp³-hybridized carbons (Fsp3) is 0. The van der Waals surface area contributed by atoms with Crippen LogP contribution in [0.3, 0.4) is 0 Å². The summed E-state index contributed by atoms with van der Waals surface area (Å²) in [6, 6.07) is 0. The monoisotopic (exact) mass is 418 g/mol. The normalized spacial score (nSPS) is 3.00. The fourth-order valence-electron chi connectivity index (χ4n) is 0. The predicted molar refractivity (Wildman–Crippen MR) is 30.3 cm³/mol. The molecule has 0 atom stereocenters. The van der Waals surface area contributed by atoms with Crippen LogP contribution in [0.2, 0.25) is 0 Å². The van der Waals surface area contributed by atoms with Crippen molar-refractivity contribution in [2.75, 3.05) is 0 Å². The molecule has 0 heterocycles. The van der Waals surface area contributed by atoms with E-state index in [1.807, 2.05) is 0 Å².